The molecular formula is C46H28N4OS. The maximum Gasteiger partial charge on any atom is 0.227 e. The Balaban J connectivity index is 1.02. The van der Waals surface area contributed by atoms with Gasteiger partial charge in [0, 0.05) is 27.8 Å². The van der Waals surface area contributed by atoms with Gasteiger partial charge in [-0.3, -0.25) is 0 Å². The lowest BCUT2D eigenvalue weighted by atomic mass is 9.99. The summed E-state index contributed by atoms with van der Waals surface area (Å²) in [6, 6.07) is 58.4. The molecule has 7 aromatic carbocycles. The quantitative estimate of drug-likeness (QED) is 0.174. The van der Waals surface area contributed by atoms with Crippen molar-refractivity contribution >= 4 is 43.4 Å². The second kappa shape index (κ2) is 12.5. The summed E-state index contributed by atoms with van der Waals surface area (Å²) >= 11 is 1.70. The predicted octanol–water partition coefficient (Wildman–Crippen LogP) is 12.4. The highest BCUT2D eigenvalue weighted by Crippen LogP contribution is 2.34. The molecule has 0 fully saturated rings. The van der Waals surface area contributed by atoms with Crippen LogP contribution in [0.1, 0.15) is 0 Å². The Hall–Kier alpha value is -6.76. The number of oxazole rings is 1. The van der Waals surface area contributed by atoms with Crippen molar-refractivity contribution in [2.75, 3.05) is 0 Å². The Morgan fingerprint density at radius 2 is 0.962 bits per heavy atom. The minimum absolute atomic E-state index is 0.594. The summed E-state index contributed by atoms with van der Waals surface area (Å²) in [6.45, 7) is 0. The van der Waals surface area contributed by atoms with Crippen LogP contribution < -0.4 is 0 Å². The second-order valence-corrected chi connectivity index (χ2v) is 13.8. The molecule has 244 valence electrons. The number of benzene rings is 7. The van der Waals surface area contributed by atoms with Gasteiger partial charge >= 0.3 is 0 Å². The zero-order chi connectivity index (χ0) is 34.4. The van der Waals surface area contributed by atoms with Crippen LogP contribution in [0.25, 0.3) is 99.1 Å². The molecule has 0 saturated heterocycles. The van der Waals surface area contributed by atoms with Gasteiger partial charge < -0.3 is 4.42 Å². The van der Waals surface area contributed by atoms with Gasteiger partial charge in [0.1, 0.15) is 10.5 Å². The lowest BCUT2D eigenvalue weighted by Gasteiger charge is -2.11. The first-order valence-electron chi connectivity index (χ1n) is 17.1. The van der Waals surface area contributed by atoms with E-state index in [9.17, 15) is 0 Å². The minimum Gasteiger partial charge on any atom is -0.436 e. The Kier molecular flexibility index (Phi) is 7.25. The maximum absolute atomic E-state index is 6.03. The van der Waals surface area contributed by atoms with Crippen molar-refractivity contribution in [3.8, 4) is 67.1 Å². The van der Waals surface area contributed by atoms with E-state index in [1.165, 1.54) is 21.0 Å². The molecule has 6 heteroatoms. The van der Waals surface area contributed by atoms with Crippen molar-refractivity contribution in [2.24, 2.45) is 0 Å². The molecule has 0 spiro atoms. The van der Waals surface area contributed by atoms with Crippen LogP contribution in [0, 0.1) is 0 Å². The highest BCUT2D eigenvalue weighted by atomic mass is 32.1. The molecule has 0 amide bonds. The highest BCUT2D eigenvalue weighted by Gasteiger charge is 2.14. The third kappa shape index (κ3) is 5.61. The first kappa shape index (κ1) is 30.1. The molecule has 0 saturated carbocycles. The standard InChI is InChI=1S/C46H28N4OS/c1-2-8-36-27-37(26-15-29(36)7-1)30-13-16-31(17-14-30)40-28-41(32-18-22-34(23-19-32)45-49-38-9-3-5-11-42(38)51-45)48-44(47-40)33-20-24-35(25-21-33)46-50-39-10-4-6-12-43(39)52-46/h1-28H. The molecule has 0 atom stereocenters. The SMILES string of the molecule is c1ccc2cc(-c3ccc(-c4cc(-c5ccc(-c6nc7ccccc7o6)cc5)nc(-c5ccc(-c6nc7ccccc7s6)cc5)n4)cc3)ccc2c1. The summed E-state index contributed by atoms with van der Waals surface area (Å²) in [4.78, 5) is 19.8. The number of rotatable bonds is 6. The number of thiazole rings is 1. The molecule has 0 bridgehead atoms. The van der Waals surface area contributed by atoms with Crippen molar-refractivity contribution in [1.82, 2.24) is 19.9 Å². The first-order valence-corrected chi connectivity index (χ1v) is 17.9. The van der Waals surface area contributed by atoms with Crippen molar-refractivity contribution < 1.29 is 4.42 Å². The molecule has 10 aromatic rings. The molecule has 3 aromatic heterocycles. The lowest BCUT2D eigenvalue weighted by Crippen LogP contribution is -1.96. The predicted molar refractivity (Wildman–Crippen MR) is 213 cm³/mol. The van der Waals surface area contributed by atoms with Crippen molar-refractivity contribution in [2.45, 2.75) is 0 Å². The number of fused-ring (bicyclic) bond motifs is 3. The van der Waals surface area contributed by atoms with Crippen LogP contribution >= 0.6 is 11.3 Å². The molecule has 0 radical (unpaired) electrons. The van der Waals surface area contributed by atoms with E-state index in [2.05, 4.69) is 132 Å². The Bertz CT molecular complexity index is 2690. The molecule has 10 rings (SSSR count). The normalized spacial score (nSPS) is 11.5. The molecule has 52 heavy (non-hydrogen) atoms. The van der Waals surface area contributed by atoms with E-state index >= 15 is 0 Å². The van der Waals surface area contributed by atoms with Crippen LogP contribution in [0.3, 0.4) is 0 Å². The van der Waals surface area contributed by atoms with E-state index in [-0.39, 0.29) is 0 Å². The zero-order valence-electron chi connectivity index (χ0n) is 27.8. The summed E-state index contributed by atoms with van der Waals surface area (Å²) < 4.78 is 7.21. The van der Waals surface area contributed by atoms with E-state index < -0.39 is 0 Å². The topological polar surface area (TPSA) is 64.7 Å². The summed E-state index contributed by atoms with van der Waals surface area (Å²) in [5.41, 5.74) is 11.5. The van der Waals surface area contributed by atoms with Gasteiger partial charge in [-0.2, -0.15) is 0 Å². The second-order valence-electron chi connectivity index (χ2n) is 12.7. The van der Waals surface area contributed by atoms with Crippen LogP contribution in [0.2, 0.25) is 0 Å². The molecular weight excluding hydrogens is 657 g/mol. The smallest absolute Gasteiger partial charge is 0.227 e. The van der Waals surface area contributed by atoms with Crippen LogP contribution in [0.15, 0.2) is 174 Å². The van der Waals surface area contributed by atoms with E-state index in [1.54, 1.807) is 11.3 Å². The number of hydrogen-bond acceptors (Lipinski definition) is 6. The molecule has 0 aliphatic heterocycles. The van der Waals surface area contributed by atoms with Gasteiger partial charge in [-0.1, -0.05) is 121 Å². The van der Waals surface area contributed by atoms with E-state index in [1.807, 2.05) is 42.5 Å². The Morgan fingerprint density at radius 3 is 1.69 bits per heavy atom. The van der Waals surface area contributed by atoms with Crippen molar-refractivity contribution in [1.29, 1.82) is 0 Å². The fraction of sp³-hybridized carbons (Fsp3) is 0. The number of aromatic nitrogens is 4. The molecule has 0 aliphatic carbocycles. The summed E-state index contributed by atoms with van der Waals surface area (Å²) in [7, 11) is 0. The average Bonchev–Trinajstić information content (AvgIpc) is 3.86. The van der Waals surface area contributed by atoms with E-state index in [0.29, 0.717) is 11.7 Å². The first-order chi connectivity index (χ1) is 25.7. The Labute approximate surface area is 303 Å². The molecule has 0 aliphatic rings. The third-order valence-corrected chi connectivity index (χ3v) is 10.5. The lowest BCUT2D eigenvalue weighted by molar-refractivity contribution is 0.620. The molecule has 5 nitrogen and oxygen atoms in total. The monoisotopic (exact) mass is 684 g/mol. The van der Waals surface area contributed by atoms with E-state index in [0.717, 1.165) is 66.4 Å². The summed E-state index contributed by atoms with van der Waals surface area (Å²) in [5, 5.41) is 3.46. The van der Waals surface area contributed by atoms with Crippen molar-refractivity contribution in [3.05, 3.63) is 170 Å². The number of hydrogen-bond donors (Lipinski definition) is 0. The Morgan fingerprint density at radius 1 is 0.385 bits per heavy atom. The van der Waals surface area contributed by atoms with Gasteiger partial charge in [0.25, 0.3) is 0 Å². The van der Waals surface area contributed by atoms with E-state index in [4.69, 9.17) is 19.4 Å². The van der Waals surface area contributed by atoms with Gasteiger partial charge in [0.15, 0.2) is 11.4 Å². The van der Waals surface area contributed by atoms with Gasteiger partial charge in [-0.05, 0) is 70.4 Å². The van der Waals surface area contributed by atoms with Gasteiger partial charge in [-0.25, -0.2) is 19.9 Å². The van der Waals surface area contributed by atoms with Crippen LogP contribution in [0.4, 0.5) is 0 Å². The summed E-state index contributed by atoms with van der Waals surface area (Å²) in [5.74, 6) is 1.25. The summed E-state index contributed by atoms with van der Waals surface area (Å²) in [6.07, 6.45) is 0. The fourth-order valence-corrected chi connectivity index (χ4v) is 7.58. The molecule has 0 N–H and O–H groups in total. The fourth-order valence-electron chi connectivity index (χ4n) is 6.61. The maximum atomic E-state index is 6.03. The minimum atomic E-state index is 0.594. The molecule has 3 heterocycles. The average molecular weight is 685 g/mol. The van der Waals surface area contributed by atoms with Gasteiger partial charge in [-0.15, -0.1) is 11.3 Å². The highest BCUT2D eigenvalue weighted by molar-refractivity contribution is 7.21. The van der Waals surface area contributed by atoms with Gasteiger partial charge in [0.2, 0.25) is 5.89 Å². The number of nitrogens with zero attached hydrogens (tertiary/aromatic N) is 4. The largest absolute Gasteiger partial charge is 0.436 e. The van der Waals surface area contributed by atoms with Crippen molar-refractivity contribution in [3.63, 3.8) is 0 Å². The van der Waals surface area contributed by atoms with Crippen LogP contribution in [-0.2, 0) is 0 Å². The van der Waals surface area contributed by atoms with Crippen LogP contribution in [0.5, 0.6) is 0 Å². The molecule has 0 unspecified atom stereocenters. The van der Waals surface area contributed by atoms with Crippen LogP contribution in [-0.4, -0.2) is 19.9 Å². The zero-order valence-corrected chi connectivity index (χ0v) is 28.6. The van der Waals surface area contributed by atoms with Gasteiger partial charge in [0.05, 0.1) is 21.6 Å². The number of para-hydroxylation sites is 3. The third-order valence-electron chi connectivity index (χ3n) is 9.40.